The van der Waals surface area contributed by atoms with Crippen molar-refractivity contribution in [1.82, 2.24) is 9.80 Å². The number of hydrogen-bond donors (Lipinski definition) is 1. The molecule has 0 aromatic carbocycles. The lowest BCUT2D eigenvalue weighted by molar-refractivity contribution is -0.0713. The SMILES string of the molecule is C#CC1(OC[C@@H](O)CN2CCN(C(=O)OCC)CC2)CCCCC1. The second-order valence-electron chi connectivity index (χ2n) is 6.65. The first-order valence-corrected chi connectivity index (χ1v) is 9.02. The molecule has 6 nitrogen and oxygen atoms in total. The van der Waals surface area contributed by atoms with Gasteiger partial charge in [-0.1, -0.05) is 12.3 Å². The molecule has 6 heteroatoms. The van der Waals surface area contributed by atoms with E-state index in [4.69, 9.17) is 15.9 Å². The van der Waals surface area contributed by atoms with Crippen molar-refractivity contribution in [2.75, 3.05) is 45.9 Å². The molecule has 0 radical (unpaired) electrons. The van der Waals surface area contributed by atoms with Crippen LogP contribution in [0.3, 0.4) is 0 Å². The number of ether oxygens (including phenoxy) is 2. The minimum Gasteiger partial charge on any atom is -0.450 e. The first-order valence-electron chi connectivity index (χ1n) is 9.02. The third kappa shape index (κ3) is 5.37. The quantitative estimate of drug-likeness (QED) is 0.743. The van der Waals surface area contributed by atoms with Gasteiger partial charge in [-0.15, -0.1) is 6.42 Å². The number of aliphatic hydroxyl groups is 1. The van der Waals surface area contributed by atoms with Gasteiger partial charge in [0.15, 0.2) is 0 Å². The van der Waals surface area contributed by atoms with Crippen molar-refractivity contribution in [3.05, 3.63) is 0 Å². The van der Waals surface area contributed by atoms with Crippen LogP contribution in [-0.2, 0) is 9.47 Å². The molecule has 0 aromatic rings. The number of aliphatic hydroxyl groups excluding tert-OH is 1. The fourth-order valence-electron chi connectivity index (χ4n) is 3.39. The van der Waals surface area contributed by atoms with Crippen molar-refractivity contribution in [3.8, 4) is 12.3 Å². The van der Waals surface area contributed by atoms with Crippen molar-refractivity contribution in [2.45, 2.75) is 50.7 Å². The number of piperazine rings is 1. The van der Waals surface area contributed by atoms with Gasteiger partial charge in [-0.2, -0.15) is 0 Å². The molecule has 1 heterocycles. The Kier molecular flexibility index (Phi) is 7.35. The summed E-state index contributed by atoms with van der Waals surface area (Å²) in [5, 5.41) is 10.3. The predicted octanol–water partition coefficient (Wildman–Crippen LogP) is 1.47. The topological polar surface area (TPSA) is 62.2 Å². The molecule has 1 aliphatic heterocycles. The molecular formula is C18H30N2O4. The third-order valence-electron chi connectivity index (χ3n) is 4.84. The second-order valence-corrected chi connectivity index (χ2v) is 6.65. The monoisotopic (exact) mass is 338 g/mol. The molecule has 2 rings (SSSR count). The molecule has 0 aromatic heterocycles. The summed E-state index contributed by atoms with van der Waals surface area (Å²) in [5.41, 5.74) is -0.484. The van der Waals surface area contributed by atoms with Crippen LogP contribution in [0.5, 0.6) is 0 Å². The lowest BCUT2D eigenvalue weighted by Gasteiger charge is -2.36. The maximum Gasteiger partial charge on any atom is 0.409 e. The number of rotatable bonds is 6. The summed E-state index contributed by atoms with van der Waals surface area (Å²) >= 11 is 0. The van der Waals surface area contributed by atoms with Crippen LogP contribution in [0.1, 0.15) is 39.0 Å². The Labute approximate surface area is 145 Å². The molecule has 2 fully saturated rings. The van der Waals surface area contributed by atoms with Gasteiger partial charge in [0.1, 0.15) is 5.60 Å². The second kappa shape index (κ2) is 9.26. The molecule has 0 unspecified atom stereocenters. The fourth-order valence-corrected chi connectivity index (χ4v) is 3.39. The number of nitrogens with zero attached hydrogens (tertiary/aromatic N) is 2. The van der Waals surface area contributed by atoms with Gasteiger partial charge >= 0.3 is 6.09 Å². The number of β-amino-alcohol motifs (C(OH)–C–C–N with tert-alkyl or cyclic N) is 1. The maximum atomic E-state index is 11.7. The van der Waals surface area contributed by atoms with Crippen LogP contribution in [0, 0.1) is 12.3 Å². The Morgan fingerprint density at radius 1 is 1.25 bits per heavy atom. The summed E-state index contributed by atoms with van der Waals surface area (Å²) in [6, 6.07) is 0. The van der Waals surface area contributed by atoms with Crippen molar-refractivity contribution in [3.63, 3.8) is 0 Å². The van der Waals surface area contributed by atoms with E-state index in [9.17, 15) is 9.90 Å². The largest absolute Gasteiger partial charge is 0.450 e. The zero-order valence-electron chi connectivity index (χ0n) is 14.7. The van der Waals surface area contributed by atoms with Crippen molar-refractivity contribution in [2.24, 2.45) is 0 Å². The molecule has 24 heavy (non-hydrogen) atoms. The molecule has 0 spiro atoms. The Bertz CT molecular complexity index is 435. The third-order valence-corrected chi connectivity index (χ3v) is 4.84. The Morgan fingerprint density at radius 2 is 1.92 bits per heavy atom. The summed E-state index contributed by atoms with van der Waals surface area (Å²) in [6.07, 6.45) is 10.0. The zero-order valence-corrected chi connectivity index (χ0v) is 14.7. The molecule has 0 bridgehead atoms. The van der Waals surface area contributed by atoms with Gasteiger partial charge in [-0.3, -0.25) is 4.90 Å². The number of hydrogen-bond acceptors (Lipinski definition) is 5. The fraction of sp³-hybridized carbons (Fsp3) is 0.833. The van der Waals surface area contributed by atoms with Crippen LogP contribution in [0.4, 0.5) is 4.79 Å². The molecule has 1 saturated carbocycles. The number of carbonyl (C=O) groups is 1. The summed E-state index contributed by atoms with van der Waals surface area (Å²) in [6.45, 7) is 5.72. The number of terminal acetylenes is 1. The first kappa shape index (κ1) is 19.0. The van der Waals surface area contributed by atoms with Crippen molar-refractivity contribution in [1.29, 1.82) is 0 Å². The van der Waals surface area contributed by atoms with Crippen LogP contribution in [0.15, 0.2) is 0 Å². The lowest BCUT2D eigenvalue weighted by atomic mass is 9.85. The number of carbonyl (C=O) groups excluding carboxylic acids is 1. The van der Waals surface area contributed by atoms with Gasteiger partial charge in [0.25, 0.3) is 0 Å². The van der Waals surface area contributed by atoms with Crippen LogP contribution in [0.2, 0.25) is 0 Å². The van der Waals surface area contributed by atoms with Crippen LogP contribution >= 0.6 is 0 Å². The highest BCUT2D eigenvalue weighted by molar-refractivity contribution is 5.67. The molecule has 2 aliphatic rings. The zero-order chi connectivity index (χ0) is 17.4. The molecule has 1 N–H and O–H groups in total. The maximum absolute atomic E-state index is 11.7. The van der Waals surface area contributed by atoms with Gasteiger partial charge in [0.2, 0.25) is 0 Å². The van der Waals surface area contributed by atoms with E-state index in [1.807, 2.05) is 0 Å². The van der Waals surface area contributed by atoms with E-state index < -0.39 is 11.7 Å². The van der Waals surface area contributed by atoms with Gasteiger partial charge in [-0.25, -0.2) is 4.79 Å². The highest BCUT2D eigenvalue weighted by atomic mass is 16.6. The van der Waals surface area contributed by atoms with Gasteiger partial charge in [0.05, 0.1) is 19.3 Å². The van der Waals surface area contributed by atoms with E-state index in [0.29, 0.717) is 26.2 Å². The molecule has 136 valence electrons. The Morgan fingerprint density at radius 3 is 2.50 bits per heavy atom. The van der Waals surface area contributed by atoms with Crippen molar-refractivity contribution < 1.29 is 19.4 Å². The smallest absolute Gasteiger partial charge is 0.409 e. The van der Waals surface area contributed by atoms with E-state index in [1.54, 1.807) is 11.8 Å². The van der Waals surface area contributed by atoms with Gasteiger partial charge < -0.3 is 19.5 Å². The summed E-state index contributed by atoms with van der Waals surface area (Å²) < 4.78 is 10.9. The molecular weight excluding hydrogens is 308 g/mol. The molecule has 1 atom stereocenters. The normalized spacial score (nSPS) is 22.6. The van der Waals surface area contributed by atoms with Crippen molar-refractivity contribution >= 4 is 6.09 Å². The van der Waals surface area contributed by atoms with E-state index in [1.165, 1.54) is 6.42 Å². The summed E-state index contributed by atoms with van der Waals surface area (Å²) in [7, 11) is 0. The Hall–Kier alpha value is -1.29. The molecule has 1 aliphatic carbocycles. The lowest BCUT2D eigenvalue weighted by Crippen LogP contribution is -2.51. The average molecular weight is 338 g/mol. The highest BCUT2D eigenvalue weighted by Crippen LogP contribution is 2.31. The standard InChI is InChI=1S/C18H30N2O4/c1-3-18(8-6-5-7-9-18)24-15-16(21)14-19-10-12-20(13-11-19)17(22)23-4-2/h1,16,21H,4-15H2,2H3/t16-/m0/s1. The van der Waals surface area contributed by atoms with Crippen LogP contribution < -0.4 is 0 Å². The molecule has 1 amide bonds. The highest BCUT2D eigenvalue weighted by Gasteiger charge is 2.32. The van der Waals surface area contributed by atoms with Gasteiger partial charge in [-0.05, 0) is 32.6 Å². The predicted molar refractivity (Wildman–Crippen MR) is 91.6 cm³/mol. The number of amides is 1. The van der Waals surface area contributed by atoms with E-state index in [0.717, 1.165) is 38.8 Å². The first-order chi connectivity index (χ1) is 11.6. The van der Waals surface area contributed by atoms with Gasteiger partial charge in [0, 0.05) is 32.7 Å². The van der Waals surface area contributed by atoms with Crippen LogP contribution in [0.25, 0.3) is 0 Å². The van der Waals surface area contributed by atoms with Crippen LogP contribution in [-0.4, -0.2) is 78.6 Å². The average Bonchev–Trinajstić information content (AvgIpc) is 2.61. The summed E-state index contributed by atoms with van der Waals surface area (Å²) in [5.74, 6) is 2.80. The Balaban J connectivity index is 1.69. The minimum atomic E-state index is -0.564. The summed E-state index contributed by atoms with van der Waals surface area (Å²) in [4.78, 5) is 15.5. The van der Waals surface area contributed by atoms with E-state index in [2.05, 4.69) is 10.8 Å². The van der Waals surface area contributed by atoms with E-state index >= 15 is 0 Å². The molecule has 1 saturated heterocycles. The minimum absolute atomic E-state index is 0.255. The van der Waals surface area contributed by atoms with E-state index in [-0.39, 0.29) is 12.7 Å².